The van der Waals surface area contributed by atoms with Crippen LogP contribution in [0.3, 0.4) is 0 Å². The molecule has 1 rings (SSSR count). The third-order valence-corrected chi connectivity index (χ3v) is 2.51. The molecule has 0 atom stereocenters. The highest BCUT2D eigenvalue weighted by Crippen LogP contribution is 2.17. The molecule has 114 valence electrons. The van der Waals surface area contributed by atoms with Gasteiger partial charge < -0.3 is 15.4 Å². The van der Waals surface area contributed by atoms with Crippen LogP contribution in [0.15, 0.2) is 18.2 Å². The summed E-state index contributed by atoms with van der Waals surface area (Å²) >= 11 is 0. The van der Waals surface area contributed by atoms with E-state index >= 15 is 0 Å². The molecule has 5 heteroatoms. The van der Waals surface area contributed by atoms with E-state index in [1.54, 1.807) is 6.07 Å². The molecular formula is C16H21FN2O2. The topological polar surface area (TPSA) is 50.4 Å². The fourth-order valence-corrected chi connectivity index (χ4v) is 1.52. The molecule has 0 aliphatic rings. The first kappa shape index (κ1) is 17.0. The quantitative estimate of drug-likeness (QED) is 0.787. The minimum atomic E-state index is -0.401. The van der Waals surface area contributed by atoms with Crippen LogP contribution < -0.4 is 15.4 Å². The first-order chi connectivity index (χ1) is 9.80. The van der Waals surface area contributed by atoms with Gasteiger partial charge in [0.2, 0.25) is 0 Å². The summed E-state index contributed by atoms with van der Waals surface area (Å²) in [6.45, 7) is 6.54. The third-order valence-electron chi connectivity index (χ3n) is 2.51. The maximum absolute atomic E-state index is 13.5. The summed E-state index contributed by atoms with van der Waals surface area (Å²) in [5, 5.41) is 5.73. The van der Waals surface area contributed by atoms with Gasteiger partial charge in [0.05, 0.1) is 6.54 Å². The second-order valence-electron chi connectivity index (χ2n) is 5.67. The zero-order valence-corrected chi connectivity index (χ0v) is 12.6. The lowest BCUT2D eigenvalue weighted by molar-refractivity contribution is -0.122. The highest BCUT2D eigenvalue weighted by molar-refractivity contribution is 5.77. The molecule has 0 spiro atoms. The van der Waals surface area contributed by atoms with Crippen molar-refractivity contribution in [3.63, 3.8) is 0 Å². The van der Waals surface area contributed by atoms with Gasteiger partial charge in [-0.25, -0.2) is 4.39 Å². The maximum Gasteiger partial charge on any atom is 0.258 e. The Morgan fingerprint density at radius 3 is 2.71 bits per heavy atom. The van der Waals surface area contributed by atoms with Gasteiger partial charge in [-0.1, -0.05) is 5.92 Å². The fraction of sp³-hybridized carbons (Fsp3) is 0.438. The van der Waals surface area contributed by atoms with E-state index in [9.17, 15) is 9.18 Å². The van der Waals surface area contributed by atoms with Gasteiger partial charge in [0.25, 0.3) is 5.91 Å². The van der Waals surface area contributed by atoms with Crippen molar-refractivity contribution in [2.75, 3.05) is 13.2 Å². The molecule has 4 nitrogen and oxygen atoms in total. The van der Waals surface area contributed by atoms with E-state index in [2.05, 4.69) is 16.6 Å². The van der Waals surface area contributed by atoms with Crippen LogP contribution in [-0.4, -0.2) is 24.6 Å². The van der Waals surface area contributed by atoms with Gasteiger partial charge >= 0.3 is 0 Å². The average molecular weight is 292 g/mol. The lowest BCUT2D eigenvalue weighted by Gasteiger charge is -2.20. The largest absolute Gasteiger partial charge is 0.484 e. The Morgan fingerprint density at radius 2 is 2.10 bits per heavy atom. The highest BCUT2D eigenvalue weighted by Gasteiger charge is 2.10. The summed E-state index contributed by atoms with van der Waals surface area (Å²) in [4.78, 5) is 11.4. The Morgan fingerprint density at radius 1 is 1.38 bits per heavy atom. The molecule has 0 aliphatic heterocycles. The number of hydrogen-bond acceptors (Lipinski definition) is 3. The van der Waals surface area contributed by atoms with Crippen LogP contribution in [0, 0.1) is 18.2 Å². The van der Waals surface area contributed by atoms with Crippen LogP contribution >= 0.6 is 0 Å². The molecule has 0 fully saturated rings. The Hall–Kier alpha value is -2.06. The minimum Gasteiger partial charge on any atom is -0.484 e. The van der Waals surface area contributed by atoms with Gasteiger partial charge in [0.15, 0.2) is 6.61 Å². The van der Waals surface area contributed by atoms with Crippen molar-refractivity contribution in [3.05, 3.63) is 29.6 Å². The van der Waals surface area contributed by atoms with E-state index in [4.69, 9.17) is 11.2 Å². The Labute approximate surface area is 125 Å². The summed E-state index contributed by atoms with van der Waals surface area (Å²) in [5.74, 6) is 1.86. The number of carbonyl (C=O) groups is 1. The molecule has 0 bridgehead atoms. The summed E-state index contributed by atoms with van der Waals surface area (Å²) in [5.41, 5.74) is 0.687. The summed E-state index contributed by atoms with van der Waals surface area (Å²) in [7, 11) is 0. The first-order valence-corrected chi connectivity index (χ1v) is 6.67. The van der Waals surface area contributed by atoms with Crippen LogP contribution in [0.4, 0.5) is 4.39 Å². The number of halogens is 1. The van der Waals surface area contributed by atoms with E-state index in [1.165, 1.54) is 12.1 Å². The zero-order valence-electron chi connectivity index (χ0n) is 12.6. The number of hydrogen-bond donors (Lipinski definition) is 2. The fourth-order valence-electron chi connectivity index (χ4n) is 1.52. The van der Waals surface area contributed by atoms with Gasteiger partial charge in [-0.2, -0.15) is 0 Å². The minimum absolute atomic E-state index is 0.0670. The van der Waals surface area contributed by atoms with Crippen molar-refractivity contribution in [1.82, 2.24) is 10.6 Å². The Balaban J connectivity index is 2.61. The van der Waals surface area contributed by atoms with Crippen molar-refractivity contribution in [3.8, 4) is 18.1 Å². The van der Waals surface area contributed by atoms with Crippen LogP contribution in [0.5, 0.6) is 5.75 Å². The van der Waals surface area contributed by atoms with E-state index in [0.29, 0.717) is 12.3 Å². The zero-order chi connectivity index (χ0) is 15.9. The molecule has 21 heavy (non-hydrogen) atoms. The molecule has 2 N–H and O–H groups in total. The molecule has 0 heterocycles. The lowest BCUT2D eigenvalue weighted by Crippen LogP contribution is -2.35. The second-order valence-corrected chi connectivity index (χ2v) is 5.67. The smallest absolute Gasteiger partial charge is 0.258 e. The van der Waals surface area contributed by atoms with Crippen LogP contribution in [0.25, 0.3) is 0 Å². The number of amides is 1. The number of carbonyl (C=O) groups excluding carboxylic acids is 1. The standard InChI is InChI=1S/C16H21FN2O2/c1-5-6-18-15(20)11-21-14-8-12(7-13(17)9-14)10-19-16(2,3)4/h1,7-9,19H,6,10-11H2,2-4H3,(H,18,20). The molecule has 0 aromatic heterocycles. The monoisotopic (exact) mass is 292 g/mol. The highest BCUT2D eigenvalue weighted by atomic mass is 19.1. The summed E-state index contributed by atoms with van der Waals surface area (Å²) < 4.78 is 18.8. The van der Waals surface area contributed by atoms with E-state index in [1.807, 2.05) is 20.8 Å². The molecule has 0 unspecified atom stereocenters. The van der Waals surface area contributed by atoms with Gasteiger partial charge in [-0.15, -0.1) is 6.42 Å². The predicted octanol–water partition coefficient (Wildman–Crippen LogP) is 1.84. The maximum atomic E-state index is 13.5. The number of ether oxygens (including phenoxy) is 1. The third kappa shape index (κ3) is 7.33. The van der Waals surface area contributed by atoms with Crippen molar-refractivity contribution in [2.24, 2.45) is 0 Å². The van der Waals surface area contributed by atoms with E-state index in [0.717, 1.165) is 5.56 Å². The van der Waals surface area contributed by atoms with Gasteiger partial charge in [-0.3, -0.25) is 4.79 Å². The molecule has 0 saturated heterocycles. The SMILES string of the molecule is C#CCNC(=O)COc1cc(F)cc(CNC(C)(C)C)c1. The normalized spacial score (nSPS) is 10.8. The van der Waals surface area contributed by atoms with Crippen molar-refractivity contribution in [1.29, 1.82) is 0 Å². The molecule has 0 radical (unpaired) electrons. The molecule has 0 saturated carbocycles. The van der Waals surface area contributed by atoms with Gasteiger partial charge in [0.1, 0.15) is 11.6 Å². The second kappa shape index (κ2) is 7.65. The van der Waals surface area contributed by atoms with E-state index in [-0.39, 0.29) is 24.6 Å². The van der Waals surface area contributed by atoms with Crippen LogP contribution in [0.2, 0.25) is 0 Å². The van der Waals surface area contributed by atoms with E-state index < -0.39 is 5.82 Å². The summed E-state index contributed by atoms with van der Waals surface area (Å²) in [6.07, 6.45) is 5.03. The van der Waals surface area contributed by atoms with Crippen molar-refractivity contribution in [2.45, 2.75) is 32.9 Å². The number of nitrogens with one attached hydrogen (secondary N) is 2. The Bertz CT molecular complexity index is 530. The molecule has 1 aromatic rings. The Kier molecular flexibility index (Phi) is 6.19. The first-order valence-electron chi connectivity index (χ1n) is 6.67. The van der Waals surface area contributed by atoms with Crippen molar-refractivity contribution >= 4 is 5.91 Å². The van der Waals surface area contributed by atoms with Crippen LogP contribution in [-0.2, 0) is 11.3 Å². The number of terminal acetylenes is 1. The van der Waals surface area contributed by atoms with Gasteiger partial charge in [-0.05, 0) is 38.5 Å². The molecule has 0 aliphatic carbocycles. The molecular weight excluding hydrogens is 271 g/mol. The average Bonchev–Trinajstić information content (AvgIpc) is 2.39. The predicted molar refractivity (Wildman–Crippen MR) is 80.3 cm³/mol. The molecule has 1 aromatic carbocycles. The van der Waals surface area contributed by atoms with Crippen molar-refractivity contribution < 1.29 is 13.9 Å². The molecule has 1 amide bonds. The number of benzene rings is 1. The number of rotatable bonds is 6. The summed E-state index contributed by atoms with van der Waals surface area (Å²) in [6, 6.07) is 4.38. The lowest BCUT2D eigenvalue weighted by atomic mass is 10.1. The van der Waals surface area contributed by atoms with Crippen LogP contribution in [0.1, 0.15) is 26.3 Å². The van der Waals surface area contributed by atoms with Gasteiger partial charge in [0, 0.05) is 18.2 Å².